The lowest BCUT2D eigenvalue weighted by atomic mass is 9.99. The summed E-state index contributed by atoms with van der Waals surface area (Å²) in [4.78, 5) is 48.3. The van der Waals surface area contributed by atoms with Gasteiger partial charge in [-0.05, 0) is 43.2 Å². The monoisotopic (exact) mass is 688 g/mol. The van der Waals surface area contributed by atoms with E-state index in [1.165, 1.54) is 71.6 Å². The second-order valence-corrected chi connectivity index (χ2v) is 19.8. The van der Waals surface area contributed by atoms with Crippen molar-refractivity contribution in [3.05, 3.63) is 0 Å². The van der Waals surface area contributed by atoms with Crippen LogP contribution in [0.4, 0.5) is 19.2 Å². The van der Waals surface area contributed by atoms with Gasteiger partial charge in [0.25, 0.3) is 17.8 Å². The maximum Gasteiger partial charge on any atom is 0.283 e. The highest BCUT2D eigenvalue weighted by Crippen LogP contribution is 2.69. The first-order chi connectivity index (χ1) is 15.6. The molecule has 192 valence electrons. The fourth-order valence-corrected chi connectivity index (χ4v) is 18.0. The summed E-state index contributed by atoms with van der Waals surface area (Å²) in [6, 6.07) is 0. The van der Waals surface area contributed by atoms with Crippen molar-refractivity contribution in [3.63, 3.8) is 0 Å². The lowest BCUT2D eigenvalue weighted by Gasteiger charge is -2.42. The van der Waals surface area contributed by atoms with Crippen LogP contribution in [-0.2, 0) is 16.7 Å². The summed E-state index contributed by atoms with van der Waals surface area (Å²) in [6.07, 6.45) is 0. The molecule has 0 radical (unpaired) electrons. The first-order valence-electron chi connectivity index (χ1n) is 7.92. The highest BCUT2D eigenvalue weighted by Gasteiger charge is 2.50. The van der Waals surface area contributed by atoms with Crippen LogP contribution >= 0.6 is 135 Å². The Kier molecular flexibility index (Phi) is 22.4. The second kappa shape index (κ2) is 20.7. The standard InChI is InChI=1S/C13H20O8S12/c1-12(2,7-22-27-8(14)23-18-3)13(31-28-9(15)24-19-4,32-29-10(16)25-20-5)33-30-11(17)26-21-6/h7H2,1-6H3. The first kappa shape index (κ1) is 35.7. The summed E-state index contributed by atoms with van der Waals surface area (Å²) in [5, 5.41) is 0. The van der Waals surface area contributed by atoms with E-state index in [-0.39, 0.29) is 17.8 Å². The molecular formula is C13H20O8S12. The molecule has 0 saturated carbocycles. The Hall–Kier alpha value is 2.72. The van der Waals surface area contributed by atoms with E-state index in [9.17, 15) is 19.2 Å². The third-order valence-corrected chi connectivity index (χ3v) is 19.9. The quantitative estimate of drug-likeness (QED) is 0.0980. The van der Waals surface area contributed by atoms with Crippen LogP contribution in [0.2, 0.25) is 0 Å². The summed E-state index contributed by atoms with van der Waals surface area (Å²) in [7, 11) is 14.5. The molecule has 0 bridgehead atoms. The van der Waals surface area contributed by atoms with Crippen LogP contribution in [0, 0.1) is 5.41 Å². The van der Waals surface area contributed by atoms with Crippen molar-refractivity contribution >= 4 is 152 Å². The van der Waals surface area contributed by atoms with Crippen LogP contribution in [0.1, 0.15) is 13.8 Å². The van der Waals surface area contributed by atoms with Gasteiger partial charge in [-0.2, -0.15) is 0 Å². The van der Waals surface area contributed by atoms with Gasteiger partial charge in [-0.3, -0.25) is 19.2 Å². The summed E-state index contributed by atoms with van der Waals surface area (Å²) in [5.74, 6) is 0.463. The van der Waals surface area contributed by atoms with Crippen molar-refractivity contribution in [1.29, 1.82) is 0 Å². The fourth-order valence-electron chi connectivity index (χ4n) is 1.29. The van der Waals surface area contributed by atoms with Gasteiger partial charge in [-0.15, -0.1) is 0 Å². The average molecular weight is 689 g/mol. The Morgan fingerprint density at radius 2 is 0.879 bits per heavy atom. The van der Waals surface area contributed by atoms with E-state index in [2.05, 4.69) is 0 Å². The largest absolute Gasteiger partial charge is 0.311 e. The maximum atomic E-state index is 12.2. The summed E-state index contributed by atoms with van der Waals surface area (Å²) in [5.41, 5.74) is -0.594. The molecule has 8 nitrogen and oxygen atoms in total. The van der Waals surface area contributed by atoms with Gasteiger partial charge in [0.15, 0.2) is 0 Å². The number of rotatable bonds is 14. The zero-order valence-corrected chi connectivity index (χ0v) is 27.7. The molecule has 0 aliphatic carbocycles. The molecule has 0 fully saturated rings. The smallest absolute Gasteiger partial charge is 0.283 e. The van der Waals surface area contributed by atoms with Gasteiger partial charge in [-0.25, -0.2) is 0 Å². The van der Waals surface area contributed by atoms with Gasteiger partial charge in [0.2, 0.25) is 0 Å². The molecule has 0 amide bonds. The van der Waals surface area contributed by atoms with E-state index in [0.717, 1.165) is 55.2 Å². The van der Waals surface area contributed by atoms with Crippen LogP contribution in [0.5, 0.6) is 0 Å². The molecule has 0 aliphatic heterocycles. The van der Waals surface area contributed by atoms with Gasteiger partial charge in [-0.1, -0.05) is 57.0 Å². The van der Waals surface area contributed by atoms with Crippen molar-refractivity contribution in [1.82, 2.24) is 0 Å². The molecule has 0 atom stereocenters. The van der Waals surface area contributed by atoms with Crippen LogP contribution in [-0.4, -0.2) is 55.4 Å². The highest BCUT2D eigenvalue weighted by molar-refractivity contribution is 9.01. The third kappa shape index (κ3) is 15.7. The van der Waals surface area contributed by atoms with Crippen LogP contribution in [0.3, 0.4) is 0 Å². The van der Waals surface area contributed by atoms with Gasteiger partial charge in [0.05, 0.1) is 76.6 Å². The summed E-state index contributed by atoms with van der Waals surface area (Å²) in [6.45, 7) is 3.89. The molecule has 0 saturated heterocycles. The molecular weight excluding hydrogens is 669 g/mol. The average Bonchev–Trinajstić information content (AvgIpc) is 2.74. The summed E-state index contributed by atoms with van der Waals surface area (Å²) < 4.78 is 17.3. The minimum absolute atomic E-state index is 0.208. The Bertz CT molecular complexity index is 581. The Balaban J connectivity index is 5.78. The SMILES string of the molecule is COSC(=O)SSCC(C)(C)C(SSC(=O)SOC)(SSC(=O)SOC)SSC(=O)SOC. The topological polar surface area (TPSA) is 105 Å². The molecule has 20 heteroatoms. The van der Waals surface area contributed by atoms with E-state index in [1.807, 2.05) is 13.8 Å². The van der Waals surface area contributed by atoms with Gasteiger partial charge in [0, 0.05) is 11.2 Å². The van der Waals surface area contributed by atoms with Crippen molar-refractivity contribution in [2.24, 2.45) is 5.41 Å². The molecule has 0 heterocycles. The molecule has 0 spiro atoms. The normalized spacial score (nSPS) is 12.1. The zero-order chi connectivity index (χ0) is 25.3. The molecule has 0 aromatic heterocycles. The van der Waals surface area contributed by atoms with E-state index in [4.69, 9.17) is 16.7 Å². The van der Waals surface area contributed by atoms with Crippen molar-refractivity contribution in [3.8, 4) is 0 Å². The van der Waals surface area contributed by atoms with E-state index in [1.54, 1.807) is 0 Å². The molecule has 0 aromatic carbocycles. The highest BCUT2D eigenvalue weighted by atomic mass is 33.2. The van der Waals surface area contributed by atoms with Gasteiger partial charge >= 0.3 is 0 Å². The van der Waals surface area contributed by atoms with E-state index >= 15 is 0 Å². The Morgan fingerprint density at radius 1 is 0.576 bits per heavy atom. The molecule has 0 aliphatic rings. The minimum Gasteiger partial charge on any atom is -0.311 e. The van der Waals surface area contributed by atoms with E-state index < -0.39 is 8.83 Å². The second-order valence-electron chi connectivity index (χ2n) is 5.29. The lowest BCUT2D eigenvalue weighted by Crippen LogP contribution is -2.36. The fraction of sp³-hybridized carbons (Fsp3) is 0.692. The Labute approximate surface area is 242 Å². The Morgan fingerprint density at radius 3 is 1.18 bits per heavy atom. The molecule has 33 heavy (non-hydrogen) atoms. The predicted octanol–water partition coefficient (Wildman–Crippen LogP) is 9.85. The predicted molar refractivity (Wildman–Crippen MR) is 162 cm³/mol. The molecule has 0 rings (SSSR count). The molecule has 0 aromatic rings. The zero-order valence-electron chi connectivity index (χ0n) is 17.9. The number of hydrogen-bond donors (Lipinski definition) is 0. The van der Waals surface area contributed by atoms with Crippen LogP contribution < -0.4 is 0 Å². The van der Waals surface area contributed by atoms with Crippen molar-refractivity contribution in [2.75, 3.05) is 34.2 Å². The van der Waals surface area contributed by atoms with E-state index in [0.29, 0.717) is 41.9 Å². The summed E-state index contributed by atoms with van der Waals surface area (Å²) >= 11 is 2.82. The number of carbonyl (C=O) groups excluding carboxylic acids is 4. The molecule has 0 N–H and O–H groups in total. The third-order valence-electron chi connectivity index (χ3n) is 2.64. The minimum atomic E-state index is -0.893. The number of carbonyl (C=O) groups is 4. The van der Waals surface area contributed by atoms with Crippen molar-refractivity contribution < 1.29 is 35.9 Å². The van der Waals surface area contributed by atoms with Crippen LogP contribution in [0.15, 0.2) is 0 Å². The number of hydrogen-bond acceptors (Lipinski definition) is 20. The first-order valence-corrected chi connectivity index (χ1v) is 19.7. The maximum absolute atomic E-state index is 12.2. The van der Waals surface area contributed by atoms with Gasteiger partial charge < -0.3 is 16.7 Å². The van der Waals surface area contributed by atoms with Crippen molar-refractivity contribution in [2.45, 2.75) is 17.3 Å². The van der Waals surface area contributed by atoms with Gasteiger partial charge in [0.1, 0.15) is 3.41 Å². The van der Waals surface area contributed by atoms with Crippen LogP contribution in [0.25, 0.3) is 0 Å². The molecule has 0 unspecified atom stereocenters. The lowest BCUT2D eigenvalue weighted by molar-refractivity contribution is 0.274.